The van der Waals surface area contributed by atoms with Crippen molar-refractivity contribution in [3.8, 4) is 5.75 Å². The molecule has 0 bridgehead atoms. The first-order chi connectivity index (χ1) is 8.90. The number of benzene rings is 1. The Kier molecular flexibility index (Phi) is 5.36. The molecule has 5 heteroatoms. The maximum atomic E-state index is 11.6. The van der Waals surface area contributed by atoms with Crippen molar-refractivity contribution in [3.05, 3.63) is 29.8 Å². The molecule has 0 aromatic heterocycles. The molecule has 2 unspecified atom stereocenters. The lowest BCUT2D eigenvalue weighted by Crippen LogP contribution is -2.42. The van der Waals surface area contributed by atoms with Crippen molar-refractivity contribution in [2.45, 2.75) is 26.8 Å². The fourth-order valence-corrected chi connectivity index (χ4v) is 1.42. The normalized spacial score (nSPS) is 13.4. The summed E-state index contributed by atoms with van der Waals surface area (Å²) in [5, 5.41) is 11.4. The van der Waals surface area contributed by atoms with Gasteiger partial charge in [0.1, 0.15) is 5.75 Å². The third-order valence-corrected chi connectivity index (χ3v) is 2.92. The number of carboxylic acid groups (broad SMARTS) is 1. The van der Waals surface area contributed by atoms with Gasteiger partial charge in [-0.05, 0) is 32.9 Å². The van der Waals surface area contributed by atoms with Crippen molar-refractivity contribution in [1.82, 2.24) is 5.32 Å². The molecule has 0 aliphatic carbocycles. The summed E-state index contributed by atoms with van der Waals surface area (Å²) in [6.07, 6.45) is 0. The monoisotopic (exact) mass is 265 g/mol. The van der Waals surface area contributed by atoms with Gasteiger partial charge >= 0.3 is 5.97 Å². The zero-order chi connectivity index (χ0) is 14.4. The van der Waals surface area contributed by atoms with E-state index < -0.39 is 17.9 Å². The second-order valence-corrected chi connectivity index (χ2v) is 4.58. The summed E-state index contributed by atoms with van der Waals surface area (Å²) in [4.78, 5) is 22.3. The number of aryl methyl sites for hydroxylation is 1. The van der Waals surface area contributed by atoms with E-state index in [0.29, 0.717) is 5.75 Å². The molecule has 0 radical (unpaired) electrons. The van der Waals surface area contributed by atoms with Crippen molar-refractivity contribution in [2.24, 2.45) is 5.92 Å². The summed E-state index contributed by atoms with van der Waals surface area (Å²) in [6.45, 7) is 5.04. The van der Waals surface area contributed by atoms with Crippen LogP contribution >= 0.6 is 0 Å². The van der Waals surface area contributed by atoms with Gasteiger partial charge in [-0.25, -0.2) is 0 Å². The average molecular weight is 265 g/mol. The number of carbonyl (C=O) groups is 2. The Morgan fingerprint density at radius 3 is 2.37 bits per heavy atom. The van der Waals surface area contributed by atoms with E-state index in [1.165, 1.54) is 0 Å². The van der Waals surface area contributed by atoms with Gasteiger partial charge in [-0.15, -0.1) is 0 Å². The second kappa shape index (κ2) is 6.78. The van der Waals surface area contributed by atoms with Crippen molar-refractivity contribution < 1.29 is 19.4 Å². The van der Waals surface area contributed by atoms with Crippen LogP contribution in [0.1, 0.15) is 19.4 Å². The van der Waals surface area contributed by atoms with Crippen LogP contribution in [0.3, 0.4) is 0 Å². The van der Waals surface area contributed by atoms with Crippen molar-refractivity contribution in [2.75, 3.05) is 6.61 Å². The highest BCUT2D eigenvalue weighted by molar-refractivity contribution is 5.79. The molecule has 104 valence electrons. The highest BCUT2D eigenvalue weighted by Crippen LogP contribution is 2.11. The molecule has 5 nitrogen and oxygen atoms in total. The Balaban J connectivity index is 2.39. The molecule has 0 saturated heterocycles. The van der Waals surface area contributed by atoms with E-state index in [1.807, 2.05) is 19.1 Å². The smallest absolute Gasteiger partial charge is 0.308 e. The molecule has 2 N–H and O–H groups in total. The van der Waals surface area contributed by atoms with Gasteiger partial charge in [-0.3, -0.25) is 9.59 Å². The van der Waals surface area contributed by atoms with Crippen LogP contribution in [0.2, 0.25) is 0 Å². The number of aliphatic carboxylic acids is 1. The topological polar surface area (TPSA) is 75.6 Å². The molecule has 0 saturated carbocycles. The number of ether oxygens (including phenoxy) is 1. The first-order valence-electron chi connectivity index (χ1n) is 6.11. The lowest BCUT2D eigenvalue weighted by molar-refractivity contribution is -0.142. The minimum Gasteiger partial charge on any atom is -0.484 e. The molecular formula is C14H19NO4. The third kappa shape index (κ3) is 4.99. The number of nitrogens with one attached hydrogen (secondary N) is 1. The molecular weight excluding hydrogens is 246 g/mol. The van der Waals surface area contributed by atoms with E-state index in [4.69, 9.17) is 9.84 Å². The first kappa shape index (κ1) is 15.0. The SMILES string of the molecule is Cc1ccc(OCC(=O)NC(C)C(C)C(=O)O)cc1. The number of amides is 1. The largest absolute Gasteiger partial charge is 0.484 e. The molecule has 0 heterocycles. The van der Waals surface area contributed by atoms with Gasteiger partial charge in [0.15, 0.2) is 6.61 Å². The van der Waals surface area contributed by atoms with E-state index in [9.17, 15) is 9.59 Å². The van der Waals surface area contributed by atoms with Crippen LogP contribution in [0.5, 0.6) is 5.75 Å². The maximum Gasteiger partial charge on any atom is 0.308 e. The number of rotatable bonds is 6. The molecule has 0 fully saturated rings. The molecule has 0 aliphatic rings. The standard InChI is InChI=1S/C14H19NO4/c1-9-4-6-12(7-5-9)19-8-13(16)15-11(3)10(2)14(17)18/h4-7,10-11H,8H2,1-3H3,(H,15,16)(H,17,18). The Labute approximate surface area is 112 Å². The van der Waals surface area contributed by atoms with Crippen molar-refractivity contribution in [1.29, 1.82) is 0 Å². The lowest BCUT2D eigenvalue weighted by Gasteiger charge is -2.17. The van der Waals surface area contributed by atoms with Gasteiger partial charge < -0.3 is 15.2 Å². The summed E-state index contributed by atoms with van der Waals surface area (Å²) in [5.74, 6) is -1.29. The van der Waals surface area contributed by atoms with Gasteiger partial charge in [0.2, 0.25) is 0 Å². The average Bonchev–Trinajstić information content (AvgIpc) is 2.37. The quantitative estimate of drug-likeness (QED) is 0.819. The van der Waals surface area contributed by atoms with Crippen LogP contribution in [0, 0.1) is 12.8 Å². The molecule has 1 rings (SSSR count). The van der Waals surface area contributed by atoms with Crippen LogP contribution < -0.4 is 10.1 Å². The number of carbonyl (C=O) groups excluding carboxylic acids is 1. The van der Waals surface area contributed by atoms with Gasteiger partial charge in [-0.2, -0.15) is 0 Å². The molecule has 1 aromatic carbocycles. The Hall–Kier alpha value is -2.04. The van der Waals surface area contributed by atoms with E-state index in [1.54, 1.807) is 26.0 Å². The predicted octanol–water partition coefficient (Wildman–Crippen LogP) is 1.60. The molecule has 1 aromatic rings. The maximum absolute atomic E-state index is 11.6. The summed E-state index contributed by atoms with van der Waals surface area (Å²) >= 11 is 0. The molecule has 2 atom stereocenters. The van der Waals surface area contributed by atoms with Gasteiger partial charge in [0, 0.05) is 6.04 Å². The summed E-state index contributed by atoms with van der Waals surface area (Å²) < 4.78 is 5.30. The highest BCUT2D eigenvalue weighted by atomic mass is 16.5. The molecule has 1 amide bonds. The van der Waals surface area contributed by atoms with E-state index >= 15 is 0 Å². The zero-order valence-corrected chi connectivity index (χ0v) is 11.3. The number of hydrogen-bond donors (Lipinski definition) is 2. The minimum atomic E-state index is -0.938. The number of hydrogen-bond acceptors (Lipinski definition) is 3. The fraction of sp³-hybridized carbons (Fsp3) is 0.429. The van der Waals surface area contributed by atoms with Gasteiger partial charge in [0.25, 0.3) is 5.91 Å². The zero-order valence-electron chi connectivity index (χ0n) is 11.3. The lowest BCUT2D eigenvalue weighted by atomic mass is 10.0. The summed E-state index contributed by atoms with van der Waals surface area (Å²) in [5.41, 5.74) is 1.11. The van der Waals surface area contributed by atoms with Gasteiger partial charge in [0.05, 0.1) is 5.92 Å². The van der Waals surface area contributed by atoms with E-state index in [2.05, 4.69) is 5.32 Å². The van der Waals surface area contributed by atoms with Gasteiger partial charge in [-0.1, -0.05) is 17.7 Å². The Morgan fingerprint density at radius 2 is 1.84 bits per heavy atom. The predicted molar refractivity (Wildman–Crippen MR) is 71.1 cm³/mol. The summed E-state index contributed by atoms with van der Waals surface area (Å²) in [7, 11) is 0. The molecule has 19 heavy (non-hydrogen) atoms. The molecule has 0 spiro atoms. The van der Waals surface area contributed by atoms with E-state index in [0.717, 1.165) is 5.56 Å². The molecule has 0 aliphatic heterocycles. The minimum absolute atomic E-state index is 0.125. The second-order valence-electron chi connectivity index (χ2n) is 4.58. The summed E-state index contributed by atoms with van der Waals surface area (Å²) in [6, 6.07) is 6.91. The van der Waals surface area contributed by atoms with Crippen molar-refractivity contribution in [3.63, 3.8) is 0 Å². The van der Waals surface area contributed by atoms with Crippen LogP contribution in [0.4, 0.5) is 0 Å². The third-order valence-electron chi connectivity index (χ3n) is 2.92. The highest BCUT2D eigenvalue weighted by Gasteiger charge is 2.20. The van der Waals surface area contributed by atoms with Crippen LogP contribution in [-0.4, -0.2) is 29.6 Å². The Bertz CT molecular complexity index is 441. The Morgan fingerprint density at radius 1 is 1.26 bits per heavy atom. The first-order valence-corrected chi connectivity index (χ1v) is 6.11. The van der Waals surface area contributed by atoms with Crippen LogP contribution in [0.15, 0.2) is 24.3 Å². The van der Waals surface area contributed by atoms with Crippen molar-refractivity contribution >= 4 is 11.9 Å². The number of carboxylic acids is 1. The fourth-order valence-electron chi connectivity index (χ4n) is 1.42. The van der Waals surface area contributed by atoms with E-state index in [-0.39, 0.29) is 12.5 Å². The van der Waals surface area contributed by atoms with Crippen LogP contribution in [0.25, 0.3) is 0 Å². The van der Waals surface area contributed by atoms with Crippen LogP contribution in [-0.2, 0) is 9.59 Å².